The first-order chi connectivity index (χ1) is 11.6. The Kier molecular flexibility index (Phi) is 5.80. The third kappa shape index (κ3) is 4.55. The monoisotopic (exact) mass is 354 g/mol. The summed E-state index contributed by atoms with van der Waals surface area (Å²) >= 11 is 0. The molecule has 1 fully saturated rings. The van der Waals surface area contributed by atoms with Crippen LogP contribution < -0.4 is 0 Å². The minimum atomic E-state index is -2.01. The number of hydrogen-bond acceptors (Lipinski definition) is 6. The Morgan fingerprint density at radius 3 is 2.28 bits per heavy atom. The molecule has 2 rings (SSSR count). The van der Waals surface area contributed by atoms with Crippen LogP contribution in [0.1, 0.15) is 38.1 Å². The van der Waals surface area contributed by atoms with Crippen LogP contribution in [0.3, 0.4) is 0 Å². The van der Waals surface area contributed by atoms with E-state index in [4.69, 9.17) is 14.2 Å². The average Bonchev–Trinajstić information content (AvgIpc) is 2.54. The van der Waals surface area contributed by atoms with E-state index in [9.17, 15) is 19.1 Å². The second-order valence-electron chi connectivity index (χ2n) is 7.04. The number of halogens is 1. The molecule has 0 saturated carbocycles. The van der Waals surface area contributed by atoms with Crippen molar-refractivity contribution in [3.8, 4) is 0 Å². The number of rotatable bonds is 3. The average molecular weight is 354 g/mol. The first-order valence-corrected chi connectivity index (χ1v) is 8.06. The number of carbonyl (C=O) groups is 2. The molecule has 5 unspecified atom stereocenters. The maximum Gasteiger partial charge on any atom is 0.338 e. The van der Waals surface area contributed by atoms with Gasteiger partial charge in [-0.1, -0.05) is 18.2 Å². The van der Waals surface area contributed by atoms with Crippen molar-refractivity contribution in [2.45, 2.75) is 58.5 Å². The van der Waals surface area contributed by atoms with Crippen LogP contribution >= 0.6 is 0 Å². The van der Waals surface area contributed by atoms with Crippen molar-refractivity contribution in [2.24, 2.45) is 5.41 Å². The summed E-state index contributed by atoms with van der Waals surface area (Å²) in [6, 6.07) is 8.18. The van der Waals surface area contributed by atoms with Crippen molar-refractivity contribution in [1.29, 1.82) is 0 Å². The summed E-state index contributed by atoms with van der Waals surface area (Å²) in [5.41, 5.74) is -0.592. The van der Waals surface area contributed by atoms with E-state index in [2.05, 4.69) is 0 Å². The summed E-state index contributed by atoms with van der Waals surface area (Å²) in [4.78, 5) is 24.2. The van der Waals surface area contributed by atoms with Crippen molar-refractivity contribution in [3.05, 3.63) is 35.9 Å². The fourth-order valence-corrected chi connectivity index (χ4v) is 2.33. The molecule has 1 aromatic carbocycles. The van der Waals surface area contributed by atoms with Crippen LogP contribution in [0.25, 0.3) is 0 Å². The summed E-state index contributed by atoms with van der Waals surface area (Å²) in [6.07, 6.45) is -7.20. The Bertz CT molecular complexity index is 612. The van der Waals surface area contributed by atoms with Crippen LogP contribution in [-0.4, -0.2) is 47.8 Å². The molecule has 5 atom stereocenters. The molecule has 7 heteroatoms. The number of esters is 2. The Morgan fingerprint density at radius 1 is 1.12 bits per heavy atom. The highest BCUT2D eigenvalue weighted by Gasteiger charge is 2.49. The molecule has 1 N–H and O–H groups in total. The van der Waals surface area contributed by atoms with Gasteiger partial charge in [-0.15, -0.1) is 0 Å². The van der Waals surface area contributed by atoms with Crippen LogP contribution in [-0.2, 0) is 19.0 Å². The van der Waals surface area contributed by atoms with Crippen molar-refractivity contribution in [2.75, 3.05) is 0 Å². The van der Waals surface area contributed by atoms with Gasteiger partial charge in [-0.2, -0.15) is 0 Å². The summed E-state index contributed by atoms with van der Waals surface area (Å²) in [6.45, 7) is 6.29. The zero-order valence-corrected chi connectivity index (χ0v) is 14.6. The van der Waals surface area contributed by atoms with E-state index in [1.165, 1.54) is 6.92 Å². The molecule has 25 heavy (non-hydrogen) atoms. The minimum absolute atomic E-state index is 0.285. The molecule has 0 amide bonds. The van der Waals surface area contributed by atoms with Gasteiger partial charge >= 0.3 is 11.9 Å². The SMILES string of the molecule is CC1OC(F)C(OC(=O)C(C)(C)C)C(O)C1OC(=O)c1ccccc1. The van der Waals surface area contributed by atoms with Crippen LogP contribution in [0.15, 0.2) is 30.3 Å². The van der Waals surface area contributed by atoms with Crippen LogP contribution in [0.2, 0.25) is 0 Å². The maximum atomic E-state index is 14.1. The predicted molar refractivity (Wildman–Crippen MR) is 86.4 cm³/mol. The predicted octanol–water partition coefficient (Wildman–Crippen LogP) is 2.25. The molecular weight excluding hydrogens is 331 g/mol. The van der Waals surface area contributed by atoms with Crippen LogP contribution in [0.4, 0.5) is 4.39 Å². The van der Waals surface area contributed by atoms with Gasteiger partial charge in [-0.3, -0.25) is 4.79 Å². The molecule has 1 heterocycles. The van der Waals surface area contributed by atoms with Crippen LogP contribution in [0, 0.1) is 5.41 Å². The molecule has 0 radical (unpaired) electrons. The lowest BCUT2D eigenvalue weighted by molar-refractivity contribution is -0.262. The van der Waals surface area contributed by atoms with E-state index in [1.54, 1.807) is 51.1 Å². The largest absolute Gasteiger partial charge is 0.453 e. The molecule has 1 aromatic rings. The number of carbonyl (C=O) groups excluding carboxylic acids is 2. The topological polar surface area (TPSA) is 82.1 Å². The molecule has 138 valence electrons. The van der Waals surface area contributed by atoms with Gasteiger partial charge in [-0.05, 0) is 39.8 Å². The smallest absolute Gasteiger partial charge is 0.338 e. The highest BCUT2D eigenvalue weighted by atomic mass is 19.1. The number of ether oxygens (including phenoxy) is 3. The highest BCUT2D eigenvalue weighted by molar-refractivity contribution is 5.89. The Morgan fingerprint density at radius 2 is 1.72 bits per heavy atom. The lowest BCUT2D eigenvalue weighted by atomic mass is 9.96. The van der Waals surface area contributed by atoms with E-state index in [1.807, 2.05) is 0 Å². The molecular formula is C18H23FO6. The van der Waals surface area contributed by atoms with Crippen molar-refractivity contribution in [1.82, 2.24) is 0 Å². The van der Waals surface area contributed by atoms with Crippen molar-refractivity contribution in [3.63, 3.8) is 0 Å². The summed E-state index contributed by atoms with van der Waals surface area (Å²) < 4.78 is 29.5. The van der Waals surface area contributed by atoms with Gasteiger partial charge in [0.2, 0.25) is 6.36 Å². The molecule has 0 aromatic heterocycles. The maximum absolute atomic E-state index is 14.1. The third-order valence-corrected chi connectivity index (χ3v) is 3.85. The minimum Gasteiger partial charge on any atom is -0.453 e. The van der Waals surface area contributed by atoms with Crippen molar-refractivity contribution >= 4 is 11.9 Å². The summed E-state index contributed by atoms with van der Waals surface area (Å²) in [7, 11) is 0. The standard InChI is InChI=1S/C18H23FO6/c1-10-13(24-16(21)11-8-6-5-7-9-11)12(20)14(15(19)23-10)25-17(22)18(2,3)4/h5-10,12-15,20H,1-4H3. The van der Waals surface area contributed by atoms with Crippen molar-refractivity contribution < 1.29 is 33.3 Å². The Hall–Kier alpha value is -1.99. The van der Waals surface area contributed by atoms with Gasteiger partial charge in [-0.25, -0.2) is 9.18 Å². The van der Waals surface area contributed by atoms with Gasteiger partial charge in [0.15, 0.2) is 12.2 Å². The van der Waals surface area contributed by atoms with E-state index in [-0.39, 0.29) is 5.56 Å². The number of hydrogen-bond donors (Lipinski definition) is 1. The van der Waals surface area contributed by atoms with Gasteiger partial charge in [0, 0.05) is 0 Å². The fourth-order valence-electron chi connectivity index (χ4n) is 2.33. The second-order valence-corrected chi connectivity index (χ2v) is 7.04. The molecule has 0 bridgehead atoms. The summed E-state index contributed by atoms with van der Waals surface area (Å²) in [5, 5.41) is 10.4. The zero-order valence-electron chi connectivity index (χ0n) is 14.6. The lowest BCUT2D eigenvalue weighted by Gasteiger charge is -2.40. The van der Waals surface area contributed by atoms with E-state index in [0.717, 1.165) is 0 Å². The molecule has 0 spiro atoms. The number of aliphatic hydroxyl groups is 1. The third-order valence-electron chi connectivity index (χ3n) is 3.85. The molecule has 1 saturated heterocycles. The normalized spacial score (nSPS) is 29.8. The Balaban J connectivity index is 2.12. The molecule has 1 aliphatic rings. The van der Waals surface area contributed by atoms with Gasteiger partial charge < -0.3 is 19.3 Å². The Labute approximate surface area is 145 Å². The molecule has 1 aliphatic heterocycles. The number of aliphatic hydroxyl groups excluding tert-OH is 1. The van der Waals surface area contributed by atoms with E-state index < -0.39 is 48.1 Å². The van der Waals surface area contributed by atoms with E-state index >= 15 is 0 Å². The fraction of sp³-hybridized carbons (Fsp3) is 0.556. The highest BCUT2D eigenvalue weighted by Crippen LogP contribution is 2.29. The van der Waals surface area contributed by atoms with Gasteiger partial charge in [0.05, 0.1) is 17.1 Å². The zero-order chi connectivity index (χ0) is 18.8. The molecule has 6 nitrogen and oxygen atoms in total. The second kappa shape index (κ2) is 7.49. The van der Waals surface area contributed by atoms with Gasteiger partial charge in [0.1, 0.15) is 6.10 Å². The number of alkyl halides is 1. The first-order valence-electron chi connectivity index (χ1n) is 8.06. The lowest BCUT2D eigenvalue weighted by Crippen LogP contribution is -2.58. The van der Waals surface area contributed by atoms with Crippen LogP contribution in [0.5, 0.6) is 0 Å². The summed E-state index contributed by atoms with van der Waals surface area (Å²) in [5.74, 6) is -1.37. The first kappa shape index (κ1) is 19.3. The number of benzene rings is 1. The molecule has 0 aliphatic carbocycles. The quantitative estimate of drug-likeness (QED) is 0.839. The van der Waals surface area contributed by atoms with E-state index in [0.29, 0.717) is 0 Å². The van der Waals surface area contributed by atoms with Gasteiger partial charge in [0.25, 0.3) is 0 Å².